The molecule has 0 aromatic heterocycles. The second-order valence-corrected chi connectivity index (χ2v) is 5.47. The van der Waals surface area contributed by atoms with Gasteiger partial charge in [-0.3, -0.25) is 9.59 Å². The molecule has 0 heterocycles. The fourth-order valence-corrected chi connectivity index (χ4v) is 2.11. The number of aliphatic carboxylic acids is 1. The summed E-state index contributed by atoms with van der Waals surface area (Å²) in [6.45, 7) is 4.21. The lowest BCUT2D eigenvalue weighted by Crippen LogP contribution is -2.35. The maximum atomic E-state index is 11.9. The van der Waals surface area contributed by atoms with Gasteiger partial charge in [-0.1, -0.05) is 23.8 Å². The van der Waals surface area contributed by atoms with Crippen molar-refractivity contribution in [2.45, 2.75) is 33.1 Å². The zero-order valence-corrected chi connectivity index (χ0v) is 11.3. The average molecular weight is 261 g/mol. The molecule has 0 saturated heterocycles. The number of aryl methyl sites for hydroxylation is 2. The number of nitrogens with one attached hydrogen (secondary N) is 1. The van der Waals surface area contributed by atoms with Crippen LogP contribution >= 0.6 is 0 Å². The van der Waals surface area contributed by atoms with Crippen LogP contribution in [0.5, 0.6) is 0 Å². The number of carbonyl (C=O) groups excluding carboxylic acids is 1. The third-order valence-corrected chi connectivity index (χ3v) is 3.79. The van der Waals surface area contributed by atoms with E-state index < -0.39 is 11.4 Å². The SMILES string of the molecule is Cc1ccc(C)c(CC(=O)NCC2(C(=O)O)CC2)c1. The van der Waals surface area contributed by atoms with Crippen LogP contribution in [0.4, 0.5) is 0 Å². The molecule has 1 aliphatic rings. The van der Waals surface area contributed by atoms with Gasteiger partial charge in [0, 0.05) is 6.54 Å². The highest BCUT2D eigenvalue weighted by molar-refractivity contribution is 5.82. The molecule has 1 aromatic rings. The first-order chi connectivity index (χ1) is 8.93. The summed E-state index contributed by atoms with van der Waals surface area (Å²) < 4.78 is 0. The number of carboxylic acids is 1. The van der Waals surface area contributed by atoms with E-state index in [1.807, 2.05) is 32.0 Å². The summed E-state index contributed by atoms with van der Waals surface area (Å²) in [4.78, 5) is 22.9. The highest BCUT2D eigenvalue weighted by Crippen LogP contribution is 2.45. The lowest BCUT2D eigenvalue weighted by Gasteiger charge is -2.12. The fourth-order valence-electron chi connectivity index (χ4n) is 2.11. The molecule has 0 bridgehead atoms. The third-order valence-electron chi connectivity index (χ3n) is 3.79. The molecule has 1 fully saturated rings. The van der Waals surface area contributed by atoms with Crippen LogP contribution in [-0.4, -0.2) is 23.5 Å². The number of rotatable bonds is 5. The van der Waals surface area contributed by atoms with Gasteiger partial charge in [-0.15, -0.1) is 0 Å². The Morgan fingerprint density at radius 1 is 1.32 bits per heavy atom. The first-order valence-corrected chi connectivity index (χ1v) is 6.49. The Morgan fingerprint density at radius 2 is 2.00 bits per heavy atom. The van der Waals surface area contributed by atoms with E-state index in [4.69, 9.17) is 5.11 Å². The molecule has 0 atom stereocenters. The van der Waals surface area contributed by atoms with Gasteiger partial charge in [0.1, 0.15) is 0 Å². The molecule has 102 valence electrons. The van der Waals surface area contributed by atoms with Gasteiger partial charge >= 0.3 is 5.97 Å². The molecule has 4 nitrogen and oxygen atoms in total. The molecule has 1 saturated carbocycles. The lowest BCUT2D eigenvalue weighted by atomic mass is 10.0. The van der Waals surface area contributed by atoms with Crippen LogP contribution in [0.3, 0.4) is 0 Å². The predicted molar refractivity (Wildman–Crippen MR) is 71.9 cm³/mol. The monoisotopic (exact) mass is 261 g/mol. The summed E-state index contributed by atoms with van der Waals surface area (Å²) in [5.74, 6) is -0.916. The number of carbonyl (C=O) groups is 2. The van der Waals surface area contributed by atoms with Gasteiger partial charge in [0.2, 0.25) is 5.91 Å². The van der Waals surface area contributed by atoms with Crippen LogP contribution in [0, 0.1) is 19.3 Å². The second kappa shape index (κ2) is 5.03. The summed E-state index contributed by atoms with van der Waals surface area (Å²) in [6, 6.07) is 6.01. The first-order valence-electron chi connectivity index (χ1n) is 6.49. The van der Waals surface area contributed by atoms with E-state index in [-0.39, 0.29) is 12.5 Å². The molecule has 2 N–H and O–H groups in total. The highest BCUT2D eigenvalue weighted by atomic mass is 16.4. The van der Waals surface area contributed by atoms with E-state index in [1.165, 1.54) is 0 Å². The molecule has 1 aromatic carbocycles. The van der Waals surface area contributed by atoms with Gasteiger partial charge in [0.15, 0.2) is 0 Å². The molecule has 4 heteroatoms. The van der Waals surface area contributed by atoms with Crippen LogP contribution in [0.25, 0.3) is 0 Å². The Kier molecular flexibility index (Phi) is 3.60. The summed E-state index contributed by atoms with van der Waals surface area (Å²) in [7, 11) is 0. The van der Waals surface area contributed by atoms with E-state index in [0.29, 0.717) is 19.3 Å². The number of hydrogen-bond acceptors (Lipinski definition) is 2. The molecule has 0 radical (unpaired) electrons. The molecule has 0 aliphatic heterocycles. The second-order valence-electron chi connectivity index (χ2n) is 5.47. The van der Waals surface area contributed by atoms with Gasteiger partial charge in [-0.25, -0.2) is 0 Å². The topological polar surface area (TPSA) is 66.4 Å². The van der Waals surface area contributed by atoms with Crippen LogP contribution in [0.1, 0.15) is 29.5 Å². The quantitative estimate of drug-likeness (QED) is 0.849. The van der Waals surface area contributed by atoms with Crippen LogP contribution in [0.15, 0.2) is 18.2 Å². The zero-order chi connectivity index (χ0) is 14.0. The van der Waals surface area contributed by atoms with Crippen molar-refractivity contribution in [1.82, 2.24) is 5.32 Å². The van der Waals surface area contributed by atoms with Crippen molar-refractivity contribution in [3.63, 3.8) is 0 Å². The standard InChI is InChI=1S/C15H19NO3/c1-10-3-4-11(2)12(7-10)8-13(17)16-9-15(5-6-15)14(18)19/h3-4,7H,5-6,8-9H2,1-2H3,(H,16,17)(H,18,19). The smallest absolute Gasteiger partial charge is 0.311 e. The van der Waals surface area contributed by atoms with E-state index in [0.717, 1.165) is 16.7 Å². The molecule has 19 heavy (non-hydrogen) atoms. The normalized spacial score (nSPS) is 15.9. The Hall–Kier alpha value is -1.84. The molecule has 0 unspecified atom stereocenters. The number of amides is 1. The van der Waals surface area contributed by atoms with Gasteiger partial charge < -0.3 is 10.4 Å². The largest absolute Gasteiger partial charge is 0.481 e. The molecule has 1 aliphatic carbocycles. The maximum Gasteiger partial charge on any atom is 0.311 e. The predicted octanol–water partition coefficient (Wildman–Crippen LogP) is 1.83. The number of hydrogen-bond donors (Lipinski definition) is 2. The Labute approximate surface area is 112 Å². The molecule has 1 amide bonds. The Bertz CT molecular complexity index is 518. The van der Waals surface area contributed by atoms with Crippen molar-refractivity contribution >= 4 is 11.9 Å². The van der Waals surface area contributed by atoms with Crippen molar-refractivity contribution in [3.8, 4) is 0 Å². The highest BCUT2D eigenvalue weighted by Gasteiger charge is 2.50. The molecule has 2 rings (SSSR count). The summed E-state index contributed by atoms with van der Waals surface area (Å²) >= 11 is 0. The Balaban J connectivity index is 1.91. The maximum absolute atomic E-state index is 11.9. The minimum Gasteiger partial charge on any atom is -0.481 e. The van der Waals surface area contributed by atoms with Gasteiger partial charge in [0.25, 0.3) is 0 Å². The molecular formula is C15H19NO3. The van der Waals surface area contributed by atoms with Crippen molar-refractivity contribution in [1.29, 1.82) is 0 Å². The van der Waals surface area contributed by atoms with Gasteiger partial charge in [-0.2, -0.15) is 0 Å². The summed E-state index contributed by atoms with van der Waals surface area (Å²) in [5.41, 5.74) is 2.51. The van der Waals surface area contributed by atoms with E-state index >= 15 is 0 Å². The Morgan fingerprint density at radius 3 is 2.58 bits per heavy atom. The number of carboxylic acid groups (broad SMARTS) is 1. The average Bonchev–Trinajstić information content (AvgIpc) is 3.12. The van der Waals surface area contributed by atoms with Crippen LogP contribution < -0.4 is 5.32 Å². The van der Waals surface area contributed by atoms with Gasteiger partial charge in [0.05, 0.1) is 11.8 Å². The van der Waals surface area contributed by atoms with Crippen LogP contribution in [-0.2, 0) is 16.0 Å². The minimum atomic E-state index is -0.806. The number of benzene rings is 1. The van der Waals surface area contributed by atoms with E-state index in [9.17, 15) is 9.59 Å². The summed E-state index contributed by atoms with van der Waals surface area (Å²) in [5, 5.41) is 11.8. The van der Waals surface area contributed by atoms with Crippen molar-refractivity contribution in [2.24, 2.45) is 5.41 Å². The third kappa shape index (κ3) is 3.13. The first kappa shape index (κ1) is 13.6. The summed E-state index contributed by atoms with van der Waals surface area (Å²) in [6.07, 6.45) is 1.63. The molecule has 0 spiro atoms. The van der Waals surface area contributed by atoms with Crippen molar-refractivity contribution < 1.29 is 14.7 Å². The van der Waals surface area contributed by atoms with Crippen molar-refractivity contribution in [3.05, 3.63) is 34.9 Å². The van der Waals surface area contributed by atoms with Crippen molar-refractivity contribution in [2.75, 3.05) is 6.54 Å². The lowest BCUT2D eigenvalue weighted by molar-refractivity contribution is -0.143. The van der Waals surface area contributed by atoms with Gasteiger partial charge in [-0.05, 0) is 37.8 Å². The minimum absolute atomic E-state index is 0.110. The van der Waals surface area contributed by atoms with E-state index in [2.05, 4.69) is 5.32 Å². The van der Waals surface area contributed by atoms with Crippen LogP contribution in [0.2, 0.25) is 0 Å². The zero-order valence-electron chi connectivity index (χ0n) is 11.3. The van der Waals surface area contributed by atoms with E-state index in [1.54, 1.807) is 0 Å². The fraction of sp³-hybridized carbons (Fsp3) is 0.467. The molecular weight excluding hydrogens is 242 g/mol.